The number of alkyl halides is 3. The van der Waals surface area contributed by atoms with Crippen molar-refractivity contribution in [1.29, 1.82) is 0 Å². The van der Waals surface area contributed by atoms with Gasteiger partial charge in [-0.15, -0.1) is 11.3 Å². The molecule has 2 amide bonds. The molecule has 0 spiro atoms. The van der Waals surface area contributed by atoms with Gasteiger partial charge in [0.25, 0.3) is 0 Å². The molecule has 1 fully saturated rings. The monoisotopic (exact) mass is 390 g/mol. The Bertz CT molecular complexity index is 625. The predicted octanol–water partition coefficient (Wildman–Crippen LogP) is 4.06. The molecule has 1 atom stereocenters. The van der Waals surface area contributed by atoms with E-state index >= 15 is 0 Å². The molecule has 26 heavy (non-hydrogen) atoms. The number of amides is 2. The first-order valence-electron chi connectivity index (χ1n) is 8.84. The molecule has 1 saturated carbocycles. The summed E-state index contributed by atoms with van der Waals surface area (Å²) < 4.78 is 40.2. The summed E-state index contributed by atoms with van der Waals surface area (Å²) in [6, 6.07) is 3.28. The molecule has 1 aliphatic carbocycles. The zero-order chi connectivity index (χ0) is 19.5. The van der Waals surface area contributed by atoms with Gasteiger partial charge in [0.15, 0.2) is 5.54 Å². The van der Waals surface area contributed by atoms with Crippen molar-refractivity contribution in [3.63, 3.8) is 0 Å². The van der Waals surface area contributed by atoms with Gasteiger partial charge < -0.3 is 10.6 Å². The van der Waals surface area contributed by atoms with Crippen molar-refractivity contribution in [2.24, 2.45) is 17.6 Å². The minimum Gasteiger partial charge on any atom is -0.367 e. The van der Waals surface area contributed by atoms with Gasteiger partial charge in [0.05, 0.1) is 0 Å². The van der Waals surface area contributed by atoms with E-state index in [9.17, 15) is 22.8 Å². The number of thiophene rings is 1. The minimum atomic E-state index is -5.07. The van der Waals surface area contributed by atoms with Crippen LogP contribution >= 0.6 is 11.3 Å². The van der Waals surface area contributed by atoms with Crippen LogP contribution in [0.15, 0.2) is 17.5 Å². The largest absolute Gasteiger partial charge is 0.471 e. The SMILES string of the molecule is CC(C)CN(C(=O)C(F)(F)F)C(C(N)=O)(c1cccs1)C1CCCCC1. The quantitative estimate of drug-likeness (QED) is 0.796. The molecule has 1 aromatic heterocycles. The lowest BCUT2D eigenvalue weighted by atomic mass is 9.71. The van der Waals surface area contributed by atoms with E-state index < -0.39 is 29.4 Å². The van der Waals surface area contributed by atoms with Crippen molar-refractivity contribution in [1.82, 2.24) is 4.90 Å². The molecule has 0 radical (unpaired) electrons. The van der Waals surface area contributed by atoms with Crippen molar-refractivity contribution in [2.45, 2.75) is 57.7 Å². The zero-order valence-corrected chi connectivity index (χ0v) is 15.8. The molecule has 0 aliphatic heterocycles. The number of rotatable bonds is 6. The lowest BCUT2D eigenvalue weighted by molar-refractivity contribution is -0.196. The Balaban J connectivity index is 2.68. The molecule has 2 rings (SSSR count). The summed E-state index contributed by atoms with van der Waals surface area (Å²) in [5.74, 6) is -3.55. The molecule has 4 nitrogen and oxygen atoms in total. The molecule has 146 valence electrons. The Morgan fingerprint density at radius 1 is 1.27 bits per heavy atom. The molecule has 1 heterocycles. The summed E-state index contributed by atoms with van der Waals surface area (Å²) in [6.45, 7) is 3.26. The molecule has 1 aliphatic rings. The molecule has 1 unspecified atom stereocenters. The highest BCUT2D eigenvalue weighted by Crippen LogP contribution is 2.46. The van der Waals surface area contributed by atoms with Crippen LogP contribution < -0.4 is 5.73 Å². The topological polar surface area (TPSA) is 63.4 Å². The second kappa shape index (κ2) is 7.98. The third-order valence-corrected chi connectivity index (χ3v) is 5.92. The summed E-state index contributed by atoms with van der Waals surface area (Å²) in [7, 11) is 0. The van der Waals surface area contributed by atoms with E-state index in [-0.39, 0.29) is 12.5 Å². The Kier molecular flexibility index (Phi) is 6.37. The van der Waals surface area contributed by atoms with Crippen molar-refractivity contribution in [3.8, 4) is 0 Å². The highest BCUT2D eigenvalue weighted by molar-refractivity contribution is 7.10. The van der Waals surface area contributed by atoms with Gasteiger partial charge in [0.1, 0.15) is 0 Å². The lowest BCUT2D eigenvalue weighted by Gasteiger charge is -2.48. The van der Waals surface area contributed by atoms with E-state index in [1.165, 1.54) is 11.3 Å². The van der Waals surface area contributed by atoms with Gasteiger partial charge in [0.2, 0.25) is 5.91 Å². The Morgan fingerprint density at radius 3 is 2.31 bits per heavy atom. The van der Waals surface area contributed by atoms with Crippen LogP contribution in [0.1, 0.15) is 50.8 Å². The first-order valence-corrected chi connectivity index (χ1v) is 9.72. The standard InChI is InChI=1S/C18H25F3N2O2S/c1-12(2)11-23(16(25)18(19,20)21)17(15(22)24,14-9-6-10-26-14)13-7-4-3-5-8-13/h6,9-10,12-13H,3-5,7-8,11H2,1-2H3,(H2,22,24). The van der Waals surface area contributed by atoms with Crippen LogP contribution in [0, 0.1) is 11.8 Å². The minimum absolute atomic E-state index is 0.185. The summed E-state index contributed by atoms with van der Waals surface area (Å²) >= 11 is 1.17. The zero-order valence-electron chi connectivity index (χ0n) is 15.0. The van der Waals surface area contributed by atoms with Crippen molar-refractivity contribution >= 4 is 23.2 Å². The fourth-order valence-electron chi connectivity index (χ4n) is 3.93. The van der Waals surface area contributed by atoms with E-state index in [2.05, 4.69) is 0 Å². The van der Waals surface area contributed by atoms with Gasteiger partial charge in [-0.1, -0.05) is 39.2 Å². The molecule has 8 heteroatoms. The van der Waals surface area contributed by atoms with Crippen LogP contribution in [-0.2, 0) is 15.1 Å². The van der Waals surface area contributed by atoms with E-state index in [1.807, 2.05) is 0 Å². The van der Waals surface area contributed by atoms with Crippen molar-refractivity contribution < 1.29 is 22.8 Å². The second-order valence-corrected chi connectivity index (χ2v) is 8.20. The van der Waals surface area contributed by atoms with Gasteiger partial charge >= 0.3 is 12.1 Å². The van der Waals surface area contributed by atoms with Crippen molar-refractivity contribution in [3.05, 3.63) is 22.4 Å². The number of hydrogen-bond donors (Lipinski definition) is 1. The van der Waals surface area contributed by atoms with Crippen LogP contribution in [0.2, 0.25) is 0 Å². The maximum atomic E-state index is 13.4. The number of nitrogens with two attached hydrogens (primary N) is 1. The molecule has 1 aromatic rings. The average molecular weight is 390 g/mol. The number of primary amides is 1. The number of carbonyl (C=O) groups is 2. The van der Waals surface area contributed by atoms with Crippen LogP contribution in [0.3, 0.4) is 0 Å². The Morgan fingerprint density at radius 2 is 1.88 bits per heavy atom. The van der Waals surface area contributed by atoms with Crippen LogP contribution in [0.25, 0.3) is 0 Å². The molecule has 2 N–H and O–H groups in total. The number of nitrogens with zero attached hydrogens (tertiary/aromatic N) is 1. The summed E-state index contributed by atoms with van der Waals surface area (Å²) in [5, 5.41) is 1.70. The van der Waals surface area contributed by atoms with Crippen LogP contribution in [-0.4, -0.2) is 29.4 Å². The van der Waals surface area contributed by atoms with Crippen LogP contribution in [0.5, 0.6) is 0 Å². The van der Waals surface area contributed by atoms with Gasteiger partial charge in [-0.05, 0) is 36.1 Å². The van der Waals surface area contributed by atoms with Gasteiger partial charge in [-0.25, -0.2) is 0 Å². The molecule has 0 saturated heterocycles. The Hall–Kier alpha value is -1.57. The lowest BCUT2D eigenvalue weighted by Crippen LogP contribution is -2.64. The maximum Gasteiger partial charge on any atom is 0.471 e. The number of carbonyl (C=O) groups excluding carboxylic acids is 2. The number of halogens is 3. The molecular weight excluding hydrogens is 365 g/mol. The summed E-state index contributed by atoms with van der Waals surface area (Å²) in [4.78, 5) is 26.3. The van der Waals surface area contributed by atoms with Gasteiger partial charge in [-0.3, -0.25) is 9.59 Å². The third-order valence-electron chi connectivity index (χ3n) is 4.93. The highest BCUT2D eigenvalue weighted by Gasteiger charge is 2.58. The van der Waals surface area contributed by atoms with E-state index in [0.717, 1.165) is 19.3 Å². The normalized spacial score (nSPS) is 18.5. The molecule has 0 aromatic carbocycles. The first-order chi connectivity index (χ1) is 12.1. The predicted molar refractivity (Wildman–Crippen MR) is 94.4 cm³/mol. The summed E-state index contributed by atoms with van der Waals surface area (Å²) in [5.41, 5.74) is 4.00. The molecular formula is C18H25F3N2O2S. The first kappa shape index (κ1) is 20.7. The molecule has 0 bridgehead atoms. The third kappa shape index (κ3) is 3.89. The van der Waals surface area contributed by atoms with E-state index in [4.69, 9.17) is 5.73 Å². The van der Waals surface area contributed by atoms with Crippen LogP contribution in [0.4, 0.5) is 13.2 Å². The van der Waals surface area contributed by atoms with Gasteiger partial charge in [-0.2, -0.15) is 13.2 Å². The van der Waals surface area contributed by atoms with Gasteiger partial charge in [0, 0.05) is 11.4 Å². The fraction of sp³-hybridized carbons (Fsp3) is 0.667. The van der Waals surface area contributed by atoms with Crippen molar-refractivity contribution in [2.75, 3.05) is 6.54 Å². The second-order valence-electron chi connectivity index (χ2n) is 7.25. The maximum absolute atomic E-state index is 13.4. The summed E-state index contributed by atoms with van der Waals surface area (Å²) in [6.07, 6.45) is -1.35. The fourth-order valence-corrected chi connectivity index (χ4v) is 4.95. The van der Waals surface area contributed by atoms with E-state index in [1.54, 1.807) is 31.4 Å². The smallest absolute Gasteiger partial charge is 0.367 e. The number of hydrogen-bond acceptors (Lipinski definition) is 3. The van der Waals surface area contributed by atoms with E-state index in [0.29, 0.717) is 22.6 Å². The average Bonchev–Trinajstić information content (AvgIpc) is 3.08. The highest BCUT2D eigenvalue weighted by atomic mass is 32.1. The Labute approximate surface area is 155 Å².